The van der Waals surface area contributed by atoms with Crippen molar-refractivity contribution < 1.29 is 9.90 Å². The van der Waals surface area contributed by atoms with E-state index in [1.54, 1.807) is 18.4 Å². The van der Waals surface area contributed by atoms with Crippen molar-refractivity contribution in [2.45, 2.75) is 32.2 Å². The third-order valence-electron chi connectivity index (χ3n) is 2.96. The Balaban J connectivity index is 2.64. The fraction of sp³-hybridized carbons (Fsp3) is 0.455. The molecule has 1 aromatic heterocycles. The zero-order valence-electron chi connectivity index (χ0n) is 8.78. The molecule has 0 bridgehead atoms. The molecule has 80 valence electrons. The predicted molar refractivity (Wildman–Crippen MR) is 55.0 cm³/mol. The topological polar surface area (TPSA) is 59.3 Å². The van der Waals surface area contributed by atoms with Crippen LogP contribution in [0.4, 0.5) is 0 Å². The van der Waals surface area contributed by atoms with E-state index >= 15 is 0 Å². The zero-order valence-corrected chi connectivity index (χ0v) is 8.78. The van der Waals surface area contributed by atoms with Crippen LogP contribution in [0.2, 0.25) is 0 Å². The summed E-state index contributed by atoms with van der Waals surface area (Å²) in [7, 11) is 0. The van der Waals surface area contributed by atoms with Crippen LogP contribution in [0.5, 0.6) is 0 Å². The van der Waals surface area contributed by atoms with Gasteiger partial charge in [0.2, 0.25) is 0 Å². The van der Waals surface area contributed by atoms with E-state index in [1.165, 1.54) is 12.1 Å². The van der Waals surface area contributed by atoms with E-state index in [9.17, 15) is 14.7 Å². The summed E-state index contributed by atoms with van der Waals surface area (Å²) in [6, 6.07) is 2.96. The molecule has 1 fully saturated rings. The van der Waals surface area contributed by atoms with E-state index in [0.717, 1.165) is 11.4 Å². The number of aliphatic carboxylic acids is 1. The molecular formula is C11H13NO3. The van der Waals surface area contributed by atoms with Crippen LogP contribution in [0.25, 0.3) is 0 Å². The summed E-state index contributed by atoms with van der Waals surface area (Å²) >= 11 is 0. The molecule has 0 radical (unpaired) electrons. The van der Waals surface area contributed by atoms with Crippen LogP contribution in [0.3, 0.4) is 0 Å². The number of pyridine rings is 1. The van der Waals surface area contributed by atoms with Gasteiger partial charge in [0, 0.05) is 23.5 Å². The highest BCUT2D eigenvalue weighted by Crippen LogP contribution is 2.45. The summed E-state index contributed by atoms with van der Waals surface area (Å²) in [5.41, 5.74) is 0.587. The highest BCUT2D eigenvalue weighted by Gasteiger charge is 2.52. The van der Waals surface area contributed by atoms with Crippen molar-refractivity contribution in [3.63, 3.8) is 0 Å². The maximum atomic E-state index is 11.2. The first kappa shape index (κ1) is 9.96. The van der Waals surface area contributed by atoms with Crippen LogP contribution in [0, 0.1) is 13.8 Å². The normalized spacial score (nSPS) is 17.5. The van der Waals surface area contributed by atoms with Gasteiger partial charge in [-0.2, -0.15) is 0 Å². The largest absolute Gasteiger partial charge is 0.479 e. The van der Waals surface area contributed by atoms with Gasteiger partial charge in [-0.15, -0.1) is 0 Å². The molecule has 0 amide bonds. The molecule has 1 aliphatic rings. The lowest BCUT2D eigenvalue weighted by atomic mass is 10.2. The maximum Gasteiger partial charge on any atom is 0.329 e. The number of nitrogens with zero attached hydrogens (tertiary/aromatic N) is 1. The highest BCUT2D eigenvalue weighted by molar-refractivity contribution is 5.80. The van der Waals surface area contributed by atoms with Crippen LogP contribution < -0.4 is 5.43 Å². The van der Waals surface area contributed by atoms with E-state index in [-0.39, 0.29) is 5.43 Å². The fourth-order valence-corrected chi connectivity index (χ4v) is 2.19. The Labute approximate surface area is 87.2 Å². The van der Waals surface area contributed by atoms with Crippen molar-refractivity contribution in [1.29, 1.82) is 0 Å². The Morgan fingerprint density at radius 1 is 1.33 bits per heavy atom. The van der Waals surface area contributed by atoms with E-state index in [4.69, 9.17) is 0 Å². The van der Waals surface area contributed by atoms with Gasteiger partial charge in [0.15, 0.2) is 5.43 Å². The molecule has 0 saturated heterocycles. The number of carboxylic acids is 1. The average molecular weight is 207 g/mol. The summed E-state index contributed by atoms with van der Waals surface area (Å²) in [4.78, 5) is 22.4. The molecule has 15 heavy (non-hydrogen) atoms. The lowest BCUT2D eigenvalue weighted by Crippen LogP contribution is -2.31. The Kier molecular flexibility index (Phi) is 1.96. The van der Waals surface area contributed by atoms with Crippen molar-refractivity contribution in [2.24, 2.45) is 0 Å². The minimum absolute atomic E-state index is 0.0672. The summed E-state index contributed by atoms with van der Waals surface area (Å²) in [6.07, 6.45) is 1.29. The number of aryl methyl sites for hydroxylation is 2. The number of carboxylic acid groups (broad SMARTS) is 1. The minimum Gasteiger partial charge on any atom is -0.479 e. The van der Waals surface area contributed by atoms with Gasteiger partial charge in [-0.3, -0.25) is 4.79 Å². The standard InChI is InChI=1S/C11H13NO3/c1-7-5-9(13)6-8(2)12(7)11(3-4-11)10(14)15/h5-6H,3-4H2,1-2H3,(H,14,15). The Morgan fingerprint density at radius 2 is 1.80 bits per heavy atom. The monoisotopic (exact) mass is 207 g/mol. The number of rotatable bonds is 2. The molecule has 0 aromatic carbocycles. The average Bonchev–Trinajstić information content (AvgIpc) is 2.83. The van der Waals surface area contributed by atoms with Gasteiger partial charge in [0.05, 0.1) is 0 Å². The van der Waals surface area contributed by atoms with Gasteiger partial charge in [0.1, 0.15) is 5.54 Å². The second kappa shape index (κ2) is 2.95. The van der Waals surface area contributed by atoms with Gasteiger partial charge in [0.25, 0.3) is 0 Å². The quantitative estimate of drug-likeness (QED) is 0.788. The molecule has 4 nitrogen and oxygen atoms in total. The highest BCUT2D eigenvalue weighted by atomic mass is 16.4. The van der Waals surface area contributed by atoms with Gasteiger partial charge in [-0.25, -0.2) is 4.79 Å². The first-order valence-electron chi connectivity index (χ1n) is 4.91. The fourth-order valence-electron chi connectivity index (χ4n) is 2.19. The molecule has 1 aromatic rings. The molecule has 0 spiro atoms. The Morgan fingerprint density at radius 3 is 2.13 bits per heavy atom. The van der Waals surface area contributed by atoms with Crippen LogP contribution in [0.15, 0.2) is 16.9 Å². The van der Waals surface area contributed by atoms with E-state index in [2.05, 4.69) is 0 Å². The van der Waals surface area contributed by atoms with Crippen molar-refractivity contribution in [3.8, 4) is 0 Å². The van der Waals surface area contributed by atoms with Gasteiger partial charge >= 0.3 is 5.97 Å². The van der Waals surface area contributed by atoms with E-state index < -0.39 is 11.5 Å². The van der Waals surface area contributed by atoms with Crippen LogP contribution in [-0.4, -0.2) is 15.6 Å². The number of hydrogen-bond acceptors (Lipinski definition) is 2. The summed E-state index contributed by atoms with van der Waals surface area (Å²) in [5, 5.41) is 9.18. The summed E-state index contributed by atoms with van der Waals surface area (Å²) < 4.78 is 1.76. The van der Waals surface area contributed by atoms with E-state index in [1.807, 2.05) is 0 Å². The molecule has 4 heteroatoms. The molecule has 0 unspecified atom stereocenters. The van der Waals surface area contributed by atoms with Gasteiger partial charge < -0.3 is 9.67 Å². The second-order valence-corrected chi connectivity index (χ2v) is 4.15. The Bertz CT molecular complexity index is 457. The molecule has 0 atom stereocenters. The molecule has 1 saturated carbocycles. The molecule has 0 aliphatic heterocycles. The molecule has 1 N–H and O–H groups in total. The van der Waals surface area contributed by atoms with Crippen molar-refractivity contribution in [2.75, 3.05) is 0 Å². The molecule has 1 heterocycles. The number of carbonyl (C=O) groups is 1. The Hall–Kier alpha value is -1.58. The van der Waals surface area contributed by atoms with Gasteiger partial charge in [-0.05, 0) is 26.7 Å². The number of aromatic nitrogens is 1. The third-order valence-corrected chi connectivity index (χ3v) is 2.96. The van der Waals surface area contributed by atoms with Crippen molar-refractivity contribution in [3.05, 3.63) is 33.7 Å². The zero-order chi connectivity index (χ0) is 11.2. The first-order valence-corrected chi connectivity index (χ1v) is 4.91. The lowest BCUT2D eigenvalue weighted by Gasteiger charge is -2.20. The van der Waals surface area contributed by atoms with Crippen molar-refractivity contribution in [1.82, 2.24) is 4.57 Å². The summed E-state index contributed by atoms with van der Waals surface area (Å²) in [5.74, 6) is -0.808. The van der Waals surface area contributed by atoms with Crippen LogP contribution in [0.1, 0.15) is 24.2 Å². The van der Waals surface area contributed by atoms with Crippen LogP contribution >= 0.6 is 0 Å². The smallest absolute Gasteiger partial charge is 0.329 e. The molecule has 2 rings (SSSR count). The third kappa shape index (κ3) is 1.37. The first-order chi connectivity index (χ1) is 6.97. The SMILES string of the molecule is Cc1cc(=O)cc(C)n1C1(C(=O)O)CC1. The number of hydrogen-bond donors (Lipinski definition) is 1. The minimum atomic E-state index is -0.808. The molecular weight excluding hydrogens is 194 g/mol. The van der Waals surface area contributed by atoms with Crippen molar-refractivity contribution >= 4 is 5.97 Å². The summed E-state index contributed by atoms with van der Waals surface area (Å²) in [6.45, 7) is 3.55. The second-order valence-electron chi connectivity index (χ2n) is 4.15. The molecule has 1 aliphatic carbocycles. The van der Waals surface area contributed by atoms with E-state index in [0.29, 0.717) is 12.8 Å². The van der Waals surface area contributed by atoms with Gasteiger partial charge in [-0.1, -0.05) is 0 Å². The predicted octanol–water partition coefficient (Wildman–Crippen LogP) is 1.04. The van der Waals surface area contributed by atoms with Crippen LogP contribution in [-0.2, 0) is 10.3 Å². The lowest BCUT2D eigenvalue weighted by molar-refractivity contribution is -0.142. The maximum absolute atomic E-state index is 11.2.